The second-order valence-corrected chi connectivity index (χ2v) is 8.08. The normalized spacial score (nSPS) is 10.9. The Morgan fingerprint density at radius 3 is 2.59 bits per heavy atom. The molecule has 1 N–H and O–H groups in total. The fourth-order valence-corrected chi connectivity index (χ4v) is 4.44. The van der Waals surface area contributed by atoms with E-state index in [2.05, 4.69) is 10.3 Å². The topological polar surface area (TPSA) is 51.2 Å². The van der Waals surface area contributed by atoms with Gasteiger partial charge in [0.2, 0.25) is 0 Å². The summed E-state index contributed by atoms with van der Waals surface area (Å²) in [4.78, 5) is 17.5. The summed E-state index contributed by atoms with van der Waals surface area (Å²) >= 11 is 14.2. The van der Waals surface area contributed by atoms with E-state index in [1.165, 1.54) is 11.3 Å². The Balaban J connectivity index is 1.70. The maximum atomic E-state index is 12.8. The quantitative estimate of drug-likeness (QED) is 0.364. The molecule has 7 heteroatoms. The van der Waals surface area contributed by atoms with E-state index in [0.717, 1.165) is 15.2 Å². The van der Waals surface area contributed by atoms with Gasteiger partial charge in [0.05, 0.1) is 27.5 Å². The first-order valence-corrected chi connectivity index (χ1v) is 10.5. The number of para-hydroxylation sites is 1. The van der Waals surface area contributed by atoms with Crippen molar-refractivity contribution in [3.05, 3.63) is 76.3 Å². The number of benzene rings is 3. The van der Waals surface area contributed by atoms with E-state index in [0.29, 0.717) is 39.2 Å². The van der Waals surface area contributed by atoms with Crippen LogP contribution in [0.4, 0.5) is 5.69 Å². The number of thiazole rings is 1. The number of carbonyl (C=O) groups is 1. The Morgan fingerprint density at radius 2 is 1.86 bits per heavy atom. The molecule has 0 saturated carbocycles. The molecule has 0 saturated heterocycles. The van der Waals surface area contributed by atoms with Crippen molar-refractivity contribution in [2.75, 3.05) is 11.9 Å². The average Bonchev–Trinajstić information content (AvgIpc) is 3.14. The minimum atomic E-state index is -0.278. The molecule has 0 aliphatic heterocycles. The van der Waals surface area contributed by atoms with Crippen LogP contribution in [0, 0.1) is 0 Å². The second-order valence-electron chi connectivity index (χ2n) is 6.21. The zero-order valence-electron chi connectivity index (χ0n) is 15.4. The van der Waals surface area contributed by atoms with E-state index in [-0.39, 0.29) is 5.91 Å². The smallest absolute Gasteiger partial charge is 0.255 e. The molecule has 4 aromatic rings. The molecule has 1 aromatic heterocycles. The van der Waals surface area contributed by atoms with Crippen molar-refractivity contribution < 1.29 is 9.53 Å². The van der Waals surface area contributed by atoms with Crippen LogP contribution in [0.1, 0.15) is 17.3 Å². The predicted octanol–water partition coefficient (Wildman–Crippen LogP) is 6.92. The van der Waals surface area contributed by atoms with Gasteiger partial charge in [-0.3, -0.25) is 4.79 Å². The third-order valence-electron chi connectivity index (χ3n) is 4.25. The van der Waals surface area contributed by atoms with Crippen molar-refractivity contribution in [3.8, 4) is 16.3 Å². The molecule has 0 aliphatic carbocycles. The Kier molecular flexibility index (Phi) is 5.72. The molecule has 1 amide bonds. The highest BCUT2D eigenvalue weighted by atomic mass is 35.5. The zero-order chi connectivity index (χ0) is 20.4. The van der Waals surface area contributed by atoms with Crippen molar-refractivity contribution in [3.63, 3.8) is 0 Å². The van der Waals surface area contributed by atoms with Gasteiger partial charge in [0.1, 0.15) is 10.8 Å². The van der Waals surface area contributed by atoms with Gasteiger partial charge in [-0.25, -0.2) is 4.98 Å². The number of ether oxygens (including phenoxy) is 1. The molecule has 29 heavy (non-hydrogen) atoms. The van der Waals surface area contributed by atoms with Crippen LogP contribution < -0.4 is 10.1 Å². The van der Waals surface area contributed by atoms with Gasteiger partial charge in [0.25, 0.3) is 5.91 Å². The highest BCUT2D eigenvalue weighted by Crippen LogP contribution is 2.40. The van der Waals surface area contributed by atoms with E-state index in [1.54, 1.807) is 36.4 Å². The van der Waals surface area contributed by atoms with Crippen molar-refractivity contribution in [1.29, 1.82) is 0 Å². The first-order valence-electron chi connectivity index (χ1n) is 8.94. The van der Waals surface area contributed by atoms with Crippen LogP contribution in [-0.2, 0) is 0 Å². The summed E-state index contributed by atoms with van der Waals surface area (Å²) in [7, 11) is 0. The van der Waals surface area contributed by atoms with Gasteiger partial charge in [-0.2, -0.15) is 0 Å². The fourth-order valence-electron chi connectivity index (χ4n) is 2.91. The monoisotopic (exact) mass is 442 g/mol. The van der Waals surface area contributed by atoms with Crippen molar-refractivity contribution in [2.45, 2.75) is 6.92 Å². The molecular weight excluding hydrogens is 427 g/mol. The minimum absolute atomic E-state index is 0.278. The van der Waals surface area contributed by atoms with Crippen LogP contribution in [-0.4, -0.2) is 17.5 Å². The van der Waals surface area contributed by atoms with Gasteiger partial charge in [0, 0.05) is 16.1 Å². The standard InChI is InChI=1S/C22H16Cl2N2O2S/c1-2-28-15-9-7-13(8-10-15)21(27)26-20-16(11-14(23)12-17(20)24)22-25-18-5-3-4-6-19(18)29-22/h3-12H,2H2,1H3,(H,26,27). The van der Waals surface area contributed by atoms with E-state index < -0.39 is 0 Å². The molecule has 146 valence electrons. The van der Waals surface area contributed by atoms with Crippen LogP contribution in [0.3, 0.4) is 0 Å². The number of rotatable bonds is 5. The summed E-state index contributed by atoms with van der Waals surface area (Å²) in [5, 5.41) is 4.47. The Bertz CT molecular complexity index is 1160. The summed E-state index contributed by atoms with van der Waals surface area (Å²) < 4.78 is 6.47. The molecule has 0 unspecified atom stereocenters. The van der Waals surface area contributed by atoms with Gasteiger partial charge in [-0.15, -0.1) is 11.3 Å². The first-order chi connectivity index (χ1) is 14.0. The number of carbonyl (C=O) groups excluding carboxylic acids is 1. The van der Waals surface area contributed by atoms with E-state index >= 15 is 0 Å². The number of hydrogen-bond donors (Lipinski definition) is 1. The van der Waals surface area contributed by atoms with E-state index in [1.807, 2.05) is 31.2 Å². The number of anilines is 1. The predicted molar refractivity (Wildman–Crippen MR) is 121 cm³/mol. The maximum Gasteiger partial charge on any atom is 0.255 e. The average molecular weight is 443 g/mol. The molecule has 0 spiro atoms. The van der Waals surface area contributed by atoms with E-state index in [4.69, 9.17) is 27.9 Å². The summed E-state index contributed by atoms with van der Waals surface area (Å²) in [5.41, 5.74) is 2.54. The van der Waals surface area contributed by atoms with Gasteiger partial charge in [0.15, 0.2) is 0 Å². The summed E-state index contributed by atoms with van der Waals surface area (Å²) in [6, 6.07) is 18.2. The number of hydrogen-bond acceptors (Lipinski definition) is 4. The van der Waals surface area contributed by atoms with E-state index in [9.17, 15) is 4.79 Å². The van der Waals surface area contributed by atoms with Gasteiger partial charge in [-0.05, 0) is 55.5 Å². The summed E-state index contributed by atoms with van der Waals surface area (Å²) in [5.74, 6) is 0.434. The number of nitrogens with zero attached hydrogens (tertiary/aromatic N) is 1. The number of fused-ring (bicyclic) bond motifs is 1. The highest BCUT2D eigenvalue weighted by molar-refractivity contribution is 7.21. The molecule has 4 nitrogen and oxygen atoms in total. The number of nitrogens with one attached hydrogen (secondary N) is 1. The van der Waals surface area contributed by atoms with Crippen LogP contribution in [0.25, 0.3) is 20.8 Å². The molecular formula is C22H16Cl2N2O2S. The lowest BCUT2D eigenvalue weighted by atomic mass is 10.1. The minimum Gasteiger partial charge on any atom is -0.494 e. The highest BCUT2D eigenvalue weighted by Gasteiger charge is 2.18. The molecule has 0 radical (unpaired) electrons. The summed E-state index contributed by atoms with van der Waals surface area (Å²) in [6.07, 6.45) is 0. The molecule has 0 fully saturated rings. The van der Waals surface area contributed by atoms with Gasteiger partial charge < -0.3 is 10.1 Å². The molecule has 1 heterocycles. The Morgan fingerprint density at radius 1 is 1.10 bits per heavy atom. The third-order valence-corrected chi connectivity index (χ3v) is 5.83. The molecule has 0 aliphatic rings. The number of amides is 1. The van der Waals surface area contributed by atoms with Crippen molar-refractivity contribution in [2.24, 2.45) is 0 Å². The zero-order valence-corrected chi connectivity index (χ0v) is 17.7. The lowest BCUT2D eigenvalue weighted by molar-refractivity contribution is 0.102. The summed E-state index contributed by atoms with van der Waals surface area (Å²) in [6.45, 7) is 2.48. The van der Waals surface area contributed by atoms with Crippen molar-refractivity contribution >= 4 is 56.3 Å². The third kappa shape index (κ3) is 4.22. The Hall–Kier alpha value is -2.60. The molecule has 4 rings (SSSR count). The number of halogens is 2. The fraction of sp³-hybridized carbons (Fsp3) is 0.0909. The SMILES string of the molecule is CCOc1ccc(C(=O)Nc2c(Cl)cc(Cl)cc2-c2nc3ccccc3s2)cc1. The van der Waals surface area contributed by atoms with Crippen LogP contribution in [0.2, 0.25) is 10.0 Å². The second kappa shape index (κ2) is 8.41. The molecule has 0 atom stereocenters. The van der Waals surface area contributed by atoms with Crippen LogP contribution in [0.15, 0.2) is 60.7 Å². The van der Waals surface area contributed by atoms with Gasteiger partial charge >= 0.3 is 0 Å². The van der Waals surface area contributed by atoms with Gasteiger partial charge in [-0.1, -0.05) is 35.3 Å². The van der Waals surface area contributed by atoms with Crippen molar-refractivity contribution in [1.82, 2.24) is 4.98 Å². The number of aromatic nitrogens is 1. The van der Waals surface area contributed by atoms with Crippen LogP contribution >= 0.6 is 34.5 Å². The maximum absolute atomic E-state index is 12.8. The largest absolute Gasteiger partial charge is 0.494 e. The lowest BCUT2D eigenvalue weighted by Gasteiger charge is -2.13. The lowest BCUT2D eigenvalue weighted by Crippen LogP contribution is -2.13. The molecule has 3 aromatic carbocycles. The Labute approximate surface area is 182 Å². The van der Waals surface area contributed by atoms with Crippen LogP contribution in [0.5, 0.6) is 5.75 Å². The molecule has 0 bridgehead atoms. The first kappa shape index (κ1) is 19.7.